The van der Waals surface area contributed by atoms with Gasteiger partial charge in [0.1, 0.15) is 17.2 Å². The van der Waals surface area contributed by atoms with Crippen molar-refractivity contribution >= 4 is 17.8 Å². The monoisotopic (exact) mass is 542 g/mol. The summed E-state index contributed by atoms with van der Waals surface area (Å²) in [6.45, 7) is 5.77. The van der Waals surface area contributed by atoms with Crippen LogP contribution in [0, 0.1) is 0 Å². The molecule has 5 nitrogen and oxygen atoms in total. The van der Waals surface area contributed by atoms with Gasteiger partial charge >= 0.3 is 5.97 Å². The summed E-state index contributed by atoms with van der Waals surface area (Å²) in [5.74, 6) is 1.36. The van der Waals surface area contributed by atoms with Gasteiger partial charge in [-0.2, -0.15) is 0 Å². The fourth-order valence-electron chi connectivity index (χ4n) is 4.10. The topological polar surface area (TPSA) is 61.8 Å². The Kier molecular flexibility index (Phi) is 13.6. The molecule has 0 N–H and O–H groups in total. The molecule has 3 rings (SSSR count). The molecule has 0 aliphatic heterocycles. The van der Waals surface area contributed by atoms with Crippen molar-refractivity contribution in [3.63, 3.8) is 0 Å². The van der Waals surface area contributed by atoms with Crippen LogP contribution < -0.4 is 14.2 Å². The van der Waals surface area contributed by atoms with Gasteiger partial charge in [-0.25, -0.2) is 4.79 Å². The number of carbonyl (C=O) groups is 2. The van der Waals surface area contributed by atoms with Crippen LogP contribution in [0.2, 0.25) is 0 Å². The third kappa shape index (κ3) is 11.1. The normalized spacial score (nSPS) is 10.9. The molecule has 0 saturated heterocycles. The van der Waals surface area contributed by atoms with Gasteiger partial charge in [0.15, 0.2) is 5.78 Å². The van der Waals surface area contributed by atoms with E-state index in [0.717, 1.165) is 49.4 Å². The van der Waals surface area contributed by atoms with Gasteiger partial charge in [-0.1, -0.05) is 77.0 Å². The molecule has 212 valence electrons. The van der Waals surface area contributed by atoms with Crippen molar-refractivity contribution in [2.75, 3.05) is 13.2 Å². The van der Waals surface area contributed by atoms with E-state index in [2.05, 4.69) is 13.8 Å². The highest BCUT2D eigenvalue weighted by Gasteiger charge is 2.10. The van der Waals surface area contributed by atoms with Crippen LogP contribution in [0.4, 0.5) is 0 Å². The summed E-state index contributed by atoms with van der Waals surface area (Å²) in [5, 5.41) is 0. The van der Waals surface area contributed by atoms with Crippen LogP contribution in [0.1, 0.15) is 97.9 Å². The third-order valence-electron chi connectivity index (χ3n) is 6.53. The van der Waals surface area contributed by atoms with E-state index >= 15 is 0 Å². The van der Waals surface area contributed by atoms with Crippen molar-refractivity contribution in [1.29, 1.82) is 0 Å². The lowest BCUT2D eigenvalue weighted by Gasteiger charge is -2.08. The van der Waals surface area contributed by atoms with E-state index in [1.165, 1.54) is 32.1 Å². The zero-order chi connectivity index (χ0) is 28.4. The molecule has 0 amide bonds. The van der Waals surface area contributed by atoms with E-state index in [-0.39, 0.29) is 5.78 Å². The number of esters is 1. The maximum absolute atomic E-state index is 12.6. The van der Waals surface area contributed by atoms with Crippen LogP contribution in [0.3, 0.4) is 0 Å². The molecular formula is C35H42O5. The zero-order valence-corrected chi connectivity index (χ0v) is 23.9. The Balaban J connectivity index is 1.42. The second kappa shape index (κ2) is 17.7. The Labute approximate surface area is 239 Å². The van der Waals surface area contributed by atoms with Gasteiger partial charge in [-0.3, -0.25) is 4.79 Å². The molecule has 40 heavy (non-hydrogen) atoms. The predicted molar refractivity (Wildman–Crippen MR) is 162 cm³/mol. The molecule has 5 heteroatoms. The van der Waals surface area contributed by atoms with Crippen LogP contribution in [0.5, 0.6) is 17.2 Å². The maximum atomic E-state index is 12.6. The number of benzene rings is 3. The lowest BCUT2D eigenvalue weighted by molar-refractivity contribution is 0.0734. The number of hydrogen-bond donors (Lipinski definition) is 0. The van der Waals surface area contributed by atoms with Crippen molar-refractivity contribution in [1.82, 2.24) is 0 Å². The largest absolute Gasteiger partial charge is 0.494 e. The molecular weight excluding hydrogens is 500 g/mol. The molecule has 0 unspecified atom stereocenters. The Morgan fingerprint density at radius 1 is 0.575 bits per heavy atom. The highest BCUT2D eigenvalue weighted by Crippen LogP contribution is 2.19. The summed E-state index contributed by atoms with van der Waals surface area (Å²) in [6, 6.07) is 21.2. The molecule has 3 aromatic rings. The molecule has 0 aromatic heterocycles. The lowest BCUT2D eigenvalue weighted by Crippen LogP contribution is -2.08. The molecule has 0 atom stereocenters. The summed E-state index contributed by atoms with van der Waals surface area (Å²) in [4.78, 5) is 25.1. The van der Waals surface area contributed by atoms with Gasteiger partial charge in [-0.05, 0) is 85.1 Å². The summed E-state index contributed by atoms with van der Waals surface area (Å²) in [7, 11) is 0. The molecule has 0 bridgehead atoms. The highest BCUT2D eigenvalue weighted by molar-refractivity contribution is 6.06. The van der Waals surface area contributed by atoms with Crippen LogP contribution in [-0.2, 0) is 0 Å². The minimum Gasteiger partial charge on any atom is -0.494 e. The molecule has 0 spiro atoms. The smallest absolute Gasteiger partial charge is 0.343 e. The Morgan fingerprint density at radius 2 is 1.05 bits per heavy atom. The van der Waals surface area contributed by atoms with Gasteiger partial charge in [0.2, 0.25) is 0 Å². The molecule has 0 fully saturated rings. The Bertz CT molecular complexity index is 1180. The van der Waals surface area contributed by atoms with E-state index in [0.29, 0.717) is 23.5 Å². The maximum Gasteiger partial charge on any atom is 0.343 e. The fraction of sp³-hybridized carbons (Fsp3) is 0.371. The van der Waals surface area contributed by atoms with Gasteiger partial charge in [-0.15, -0.1) is 0 Å². The first-order valence-corrected chi connectivity index (χ1v) is 14.6. The number of ketones is 1. The number of carbonyl (C=O) groups excluding carboxylic acids is 2. The summed E-state index contributed by atoms with van der Waals surface area (Å²) >= 11 is 0. The molecule has 0 saturated carbocycles. The van der Waals surface area contributed by atoms with E-state index in [4.69, 9.17) is 14.2 Å². The average Bonchev–Trinajstić information content (AvgIpc) is 2.99. The van der Waals surface area contributed by atoms with Gasteiger partial charge in [0.25, 0.3) is 0 Å². The van der Waals surface area contributed by atoms with Crippen molar-refractivity contribution in [3.05, 3.63) is 95.6 Å². The second-order valence-corrected chi connectivity index (χ2v) is 9.88. The third-order valence-corrected chi connectivity index (χ3v) is 6.53. The first-order chi connectivity index (χ1) is 19.6. The van der Waals surface area contributed by atoms with Crippen molar-refractivity contribution < 1.29 is 23.8 Å². The summed E-state index contributed by atoms with van der Waals surface area (Å²) in [6.07, 6.45) is 14.0. The standard InChI is InChI=1S/C35H42O5/c1-3-5-7-8-9-11-27-39-31-19-12-28(13-20-31)14-25-34(36)29-15-23-33(24-16-29)40-35(37)30-17-21-32(22-18-30)38-26-10-6-4-2/h12-25H,3-11,26-27H2,1-2H3/b25-14+. The molecule has 0 aliphatic rings. The molecule has 0 radical (unpaired) electrons. The highest BCUT2D eigenvalue weighted by atomic mass is 16.5. The van der Waals surface area contributed by atoms with Gasteiger partial charge in [0.05, 0.1) is 18.8 Å². The van der Waals surface area contributed by atoms with E-state index in [1.807, 2.05) is 24.3 Å². The minimum absolute atomic E-state index is 0.129. The molecule has 0 heterocycles. The van der Waals surface area contributed by atoms with E-state index in [9.17, 15) is 9.59 Å². The Morgan fingerprint density at radius 3 is 1.68 bits per heavy atom. The van der Waals surface area contributed by atoms with E-state index in [1.54, 1.807) is 60.7 Å². The second-order valence-electron chi connectivity index (χ2n) is 9.88. The van der Waals surface area contributed by atoms with Crippen LogP contribution in [-0.4, -0.2) is 25.0 Å². The van der Waals surface area contributed by atoms with Gasteiger partial charge < -0.3 is 14.2 Å². The quantitative estimate of drug-likeness (QED) is 0.0527. The lowest BCUT2D eigenvalue weighted by atomic mass is 10.1. The SMILES string of the molecule is CCCCCCCCOc1ccc(/C=C/C(=O)c2ccc(OC(=O)c3ccc(OCCCCC)cc3)cc2)cc1. The Hall–Kier alpha value is -3.86. The zero-order valence-electron chi connectivity index (χ0n) is 23.9. The van der Waals surface area contributed by atoms with E-state index < -0.39 is 5.97 Å². The first kappa shape index (κ1) is 30.7. The van der Waals surface area contributed by atoms with Gasteiger partial charge in [0, 0.05) is 5.56 Å². The predicted octanol–water partition coefficient (Wildman–Crippen LogP) is 9.11. The van der Waals surface area contributed by atoms with Crippen molar-refractivity contribution in [2.24, 2.45) is 0 Å². The minimum atomic E-state index is -0.462. The molecule has 3 aromatic carbocycles. The number of unbranched alkanes of at least 4 members (excludes halogenated alkanes) is 7. The summed E-state index contributed by atoms with van der Waals surface area (Å²) in [5.41, 5.74) is 1.87. The fourth-order valence-corrected chi connectivity index (χ4v) is 4.10. The summed E-state index contributed by atoms with van der Waals surface area (Å²) < 4.78 is 17.0. The van der Waals surface area contributed by atoms with Crippen LogP contribution in [0.15, 0.2) is 78.9 Å². The number of hydrogen-bond acceptors (Lipinski definition) is 5. The van der Waals surface area contributed by atoms with Crippen LogP contribution in [0.25, 0.3) is 6.08 Å². The van der Waals surface area contributed by atoms with Crippen molar-refractivity contribution in [2.45, 2.75) is 71.6 Å². The number of allylic oxidation sites excluding steroid dienone is 1. The van der Waals surface area contributed by atoms with Crippen LogP contribution >= 0.6 is 0 Å². The van der Waals surface area contributed by atoms with Crippen molar-refractivity contribution in [3.8, 4) is 17.2 Å². The first-order valence-electron chi connectivity index (χ1n) is 14.6. The number of ether oxygens (including phenoxy) is 3. The average molecular weight is 543 g/mol. The number of rotatable bonds is 18. The molecule has 0 aliphatic carbocycles.